The summed E-state index contributed by atoms with van der Waals surface area (Å²) in [7, 11) is 0. The summed E-state index contributed by atoms with van der Waals surface area (Å²) >= 11 is 4.56. The Morgan fingerprint density at radius 2 is 2.21 bits per heavy atom. The molecule has 4 nitrogen and oxygen atoms in total. The van der Waals surface area contributed by atoms with Gasteiger partial charge in [0.2, 0.25) is 0 Å². The fourth-order valence-electron chi connectivity index (χ4n) is 3.09. The van der Waals surface area contributed by atoms with Gasteiger partial charge in [0.1, 0.15) is 0 Å². The highest BCUT2D eigenvalue weighted by Gasteiger charge is 2.33. The van der Waals surface area contributed by atoms with Crippen LogP contribution in [0.15, 0.2) is 9.85 Å². The molecule has 1 saturated carbocycles. The molecule has 0 radical (unpaired) electrons. The van der Waals surface area contributed by atoms with Gasteiger partial charge in [0.25, 0.3) is 0 Å². The normalized spacial score (nSPS) is 30.7. The molecule has 6 heteroatoms. The van der Waals surface area contributed by atoms with Crippen molar-refractivity contribution in [3.8, 4) is 0 Å². The lowest BCUT2D eigenvalue weighted by Gasteiger charge is -2.39. The smallest absolute Gasteiger partial charge is 0.359 e. The zero-order valence-electron chi connectivity index (χ0n) is 10.6. The van der Waals surface area contributed by atoms with Crippen LogP contribution in [0.25, 0.3) is 0 Å². The van der Waals surface area contributed by atoms with Gasteiger partial charge in [0.05, 0.1) is 3.79 Å². The van der Waals surface area contributed by atoms with E-state index in [1.54, 1.807) is 6.07 Å². The van der Waals surface area contributed by atoms with E-state index in [2.05, 4.69) is 25.6 Å². The van der Waals surface area contributed by atoms with Crippen LogP contribution in [0.4, 0.5) is 0 Å². The molecule has 1 aliphatic carbocycles. The first-order valence-electron chi connectivity index (χ1n) is 6.81. The standard InChI is InChI=1S/C13H17BrN2O2S/c14-11-7-10(16-19-11)13(17)18-12-6-5-8-3-1-2-4-9(8)15-12/h7-9,12,15H,1-6H2/t8-,9-,12?/m0/s1. The lowest BCUT2D eigenvalue weighted by molar-refractivity contribution is -0.00622. The number of carbonyl (C=O) groups excluding carboxylic acids is 1. The number of piperidine rings is 1. The first kappa shape index (κ1) is 13.5. The van der Waals surface area contributed by atoms with Gasteiger partial charge in [-0.1, -0.05) is 12.8 Å². The van der Waals surface area contributed by atoms with Crippen LogP contribution >= 0.6 is 27.5 Å². The zero-order valence-corrected chi connectivity index (χ0v) is 13.0. The van der Waals surface area contributed by atoms with Gasteiger partial charge in [-0.15, -0.1) is 0 Å². The molecule has 0 spiro atoms. The molecule has 19 heavy (non-hydrogen) atoms. The highest BCUT2D eigenvalue weighted by molar-refractivity contribution is 9.11. The Kier molecular flexibility index (Phi) is 4.19. The van der Waals surface area contributed by atoms with Crippen molar-refractivity contribution in [1.82, 2.24) is 9.69 Å². The molecule has 1 aromatic heterocycles. The summed E-state index contributed by atoms with van der Waals surface area (Å²) in [5.41, 5.74) is 0.393. The van der Waals surface area contributed by atoms with Crippen LogP contribution in [0.5, 0.6) is 0 Å². The lowest BCUT2D eigenvalue weighted by Crippen LogP contribution is -2.50. The number of fused-ring (bicyclic) bond motifs is 1. The molecule has 3 rings (SSSR count). The molecule has 2 aliphatic rings. The summed E-state index contributed by atoms with van der Waals surface area (Å²) in [6.45, 7) is 0. The van der Waals surface area contributed by atoms with E-state index in [-0.39, 0.29) is 12.2 Å². The number of nitrogens with one attached hydrogen (secondary N) is 1. The van der Waals surface area contributed by atoms with Gasteiger partial charge in [-0.2, -0.15) is 4.37 Å². The first-order chi connectivity index (χ1) is 9.22. The quantitative estimate of drug-likeness (QED) is 0.836. The summed E-state index contributed by atoms with van der Waals surface area (Å²) in [4.78, 5) is 11.9. The van der Waals surface area contributed by atoms with Crippen LogP contribution in [0.2, 0.25) is 0 Å². The van der Waals surface area contributed by atoms with Crippen LogP contribution < -0.4 is 5.32 Å². The van der Waals surface area contributed by atoms with Crippen molar-refractivity contribution in [3.05, 3.63) is 15.5 Å². The number of ether oxygens (including phenoxy) is 1. The predicted octanol–water partition coefficient (Wildman–Crippen LogP) is 3.33. The molecule has 0 aromatic carbocycles. The van der Waals surface area contributed by atoms with Crippen LogP contribution in [0.1, 0.15) is 49.0 Å². The lowest BCUT2D eigenvalue weighted by atomic mass is 9.79. The SMILES string of the molecule is O=C(OC1CC[C@@H]2CCCC[C@@H]2N1)c1cc(Br)sn1. The molecule has 1 aromatic rings. The summed E-state index contributed by atoms with van der Waals surface area (Å²) in [5.74, 6) is 0.450. The molecule has 3 atom stereocenters. The molecule has 1 aliphatic heterocycles. The Morgan fingerprint density at radius 1 is 1.37 bits per heavy atom. The Bertz CT molecular complexity index is 465. The van der Waals surface area contributed by atoms with E-state index in [1.807, 2.05) is 0 Å². The second kappa shape index (κ2) is 5.89. The van der Waals surface area contributed by atoms with E-state index in [0.717, 1.165) is 22.5 Å². The number of esters is 1. The minimum absolute atomic E-state index is 0.146. The number of aromatic nitrogens is 1. The maximum absolute atomic E-state index is 11.9. The Morgan fingerprint density at radius 3 is 3.00 bits per heavy atom. The predicted molar refractivity (Wildman–Crippen MR) is 77.1 cm³/mol. The third-order valence-electron chi connectivity index (χ3n) is 4.05. The topological polar surface area (TPSA) is 51.2 Å². The van der Waals surface area contributed by atoms with Crippen LogP contribution in [-0.4, -0.2) is 22.6 Å². The zero-order chi connectivity index (χ0) is 13.2. The van der Waals surface area contributed by atoms with E-state index >= 15 is 0 Å². The maximum atomic E-state index is 11.9. The molecular weight excluding hydrogens is 328 g/mol. The third-order valence-corrected chi connectivity index (χ3v) is 5.29. The van der Waals surface area contributed by atoms with Gasteiger partial charge in [0, 0.05) is 6.04 Å². The Labute approximate surface area is 125 Å². The largest absolute Gasteiger partial charge is 0.442 e. The number of hydrogen-bond donors (Lipinski definition) is 1. The van der Waals surface area contributed by atoms with Crippen molar-refractivity contribution in [3.63, 3.8) is 0 Å². The monoisotopic (exact) mass is 344 g/mol. The van der Waals surface area contributed by atoms with Gasteiger partial charge >= 0.3 is 5.97 Å². The van der Waals surface area contributed by atoms with Crippen LogP contribution in [0, 0.1) is 5.92 Å². The third kappa shape index (κ3) is 3.17. The number of carbonyl (C=O) groups is 1. The molecule has 104 valence electrons. The molecule has 2 heterocycles. The van der Waals surface area contributed by atoms with Crippen molar-refractivity contribution in [1.29, 1.82) is 0 Å². The van der Waals surface area contributed by atoms with Crippen molar-refractivity contribution in [2.75, 3.05) is 0 Å². The Hall–Kier alpha value is -0.460. The average Bonchev–Trinajstić information content (AvgIpc) is 2.85. The second-order valence-corrected chi connectivity index (χ2v) is 7.49. The van der Waals surface area contributed by atoms with Crippen molar-refractivity contribution < 1.29 is 9.53 Å². The van der Waals surface area contributed by atoms with Crippen molar-refractivity contribution >= 4 is 33.4 Å². The summed E-state index contributed by atoms with van der Waals surface area (Å²) in [6.07, 6.45) is 7.09. The molecule has 1 unspecified atom stereocenters. The maximum Gasteiger partial charge on any atom is 0.359 e. The minimum atomic E-state index is -0.325. The van der Waals surface area contributed by atoms with Gasteiger partial charge in [-0.05, 0) is 65.1 Å². The van der Waals surface area contributed by atoms with Gasteiger partial charge in [-0.25, -0.2) is 4.79 Å². The fourth-order valence-corrected chi connectivity index (χ4v) is 4.00. The summed E-state index contributed by atoms with van der Waals surface area (Å²) in [5, 5.41) is 3.48. The molecular formula is C13H17BrN2O2S. The van der Waals surface area contributed by atoms with Crippen molar-refractivity contribution in [2.24, 2.45) is 5.92 Å². The fraction of sp³-hybridized carbons (Fsp3) is 0.692. The van der Waals surface area contributed by atoms with Gasteiger partial charge in [-0.3, -0.25) is 5.32 Å². The molecule has 0 bridgehead atoms. The van der Waals surface area contributed by atoms with E-state index in [1.165, 1.54) is 37.2 Å². The number of nitrogens with zero attached hydrogens (tertiary/aromatic N) is 1. The first-order valence-corrected chi connectivity index (χ1v) is 8.38. The second-order valence-electron chi connectivity index (χ2n) is 5.31. The van der Waals surface area contributed by atoms with Crippen LogP contribution in [0.3, 0.4) is 0 Å². The minimum Gasteiger partial charge on any atom is -0.442 e. The molecule has 1 saturated heterocycles. The van der Waals surface area contributed by atoms with E-state index in [4.69, 9.17) is 4.74 Å². The van der Waals surface area contributed by atoms with Gasteiger partial charge in [0.15, 0.2) is 11.9 Å². The molecule has 2 fully saturated rings. The highest BCUT2D eigenvalue weighted by Crippen LogP contribution is 2.32. The number of halogens is 1. The molecule has 1 N–H and O–H groups in total. The Balaban J connectivity index is 1.57. The average molecular weight is 345 g/mol. The highest BCUT2D eigenvalue weighted by atomic mass is 79.9. The summed E-state index contributed by atoms with van der Waals surface area (Å²) in [6, 6.07) is 2.24. The van der Waals surface area contributed by atoms with Crippen molar-refractivity contribution in [2.45, 2.75) is 50.8 Å². The van der Waals surface area contributed by atoms with E-state index < -0.39 is 0 Å². The van der Waals surface area contributed by atoms with E-state index in [9.17, 15) is 4.79 Å². The number of hydrogen-bond acceptors (Lipinski definition) is 5. The summed E-state index contributed by atoms with van der Waals surface area (Å²) < 4.78 is 10.4. The van der Waals surface area contributed by atoms with E-state index in [0.29, 0.717) is 11.7 Å². The molecule has 0 amide bonds. The van der Waals surface area contributed by atoms with Gasteiger partial charge < -0.3 is 4.74 Å². The van der Waals surface area contributed by atoms with Crippen LogP contribution in [-0.2, 0) is 4.74 Å². The number of rotatable bonds is 2.